The molecule has 2 rings (SSSR count). The van der Waals surface area contributed by atoms with Gasteiger partial charge in [-0.1, -0.05) is 24.3 Å². The van der Waals surface area contributed by atoms with E-state index >= 15 is 0 Å². The highest BCUT2D eigenvalue weighted by Crippen LogP contribution is 2.20. The van der Waals surface area contributed by atoms with Crippen LogP contribution >= 0.6 is 0 Å². The lowest BCUT2D eigenvalue weighted by atomic mass is 10.1. The number of nitrogens with zero attached hydrogens (tertiary/aromatic N) is 1. The first-order valence-electron chi connectivity index (χ1n) is 7.40. The molecule has 0 spiro atoms. The molecule has 2 aromatic carbocycles. The molecule has 0 amide bonds. The van der Waals surface area contributed by atoms with Crippen molar-refractivity contribution in [2.75, 3.05) is 11.9 Å². The van der Waals surface area contributed by atoms with Crippen LogP contribution < -0.4 is 10.5 Å². The molecule has 3 N–H and O–H groups in total. The van der Waals surface area contributed by atoms with E-state index in [9.17, 15) is 13.7 Å². The van der Waals surface area contributed by atoms with Gasteiger partial charge in [-0.25, -0.2) is 13.6 Å². The molecule has 0 fully saturated rings. The van der Waals surface area contributed by atoms with E-state index in [1.54, 1.807) is 6.07 Å². The third-order valence-electron chi connectivity index (χ3n) is 3.42. The molecule has 0 aromatic heterocycles. The van der Waals surface area contributed by atoms with Gasteiger partial charge in [0.2, 0.25) is 10.0 Å². The molecule has 6 nitrogen and oxygen atoms in total. The fraction of sp³-hybridized carbons (Fsp3) is 0.235. The van der Waals surface area contributed by atoms with Crippen molar-refractivity contribution in [2.45, 2.75) is 25.0 Å². The van der Waals surface area contributed by atoms with Crippen molar-refractivity contribution in [3.05, 3.63) is 59.2 Å². The number of hydrogen-bond acceptors (Lipinski definition) is 5. The van der Waals surface area contributed by atoms with Gasteiger partial charge in [0.15, 0.2) is 0 Å². The highest BCUT2D eigenvalue weighted by Gasteiger charge is 2.11. The first kappa shape index (κ1) is 17.9. The summed E-state index contributed by atoms with van der Waals surface area (Å²) in [4.78, 5) is -0.0788. The standard InChI is InChI=1S/C17H19N3O3S/c1-2-23-12-14-5-3-13(4-6-14)11-20-17-8-7-16(24(19,21)22)9-15(17)10-18/h3-9,20H,2,11-12H2,1H3,(H2,19,21,22). The van der Waals surface area contributed by atoms with Gasteiger partial charge in [0.25, 0.3) is 0 Å². The third kappa shape index (κ3) is 4.80. The summed E-state index contributed by atoms with van der Waals surface area (Å²) in [6, 6.07) is 14.1. The topological polar surface area (TPSA) is 105 Å². The minimum atomic E-state index is -3.82. The third-order valence-corrected chi connectivity index (χ3v) is 4.33. The largest absolute Gasteiger partial charge is 0.380 e. The molecule has 0 aliphatic heterocycles. The van der Waals surface area contributed by atoms with Crippen LogP contribution in [-0.4, -0.2) is 15.0 Å². The van der Waals surface area contributed by atoms with Crippen LogP contribution in [0.2, 0.25) is 0 Å². The Hall–Kier alpha value is -2.40. The molecule has 126 valence electrons. The SMILES string of the molecule is CCOCc1ccc(CNc2ccc(S(N)(=O)=O)cc2C#N)cc1. The summed E-state index contributed by atoms with van der Waals surface area (Å²) in [6.45, 7) is 3.72. The second kappa shape index (κ2) is 7.93. The normalized spacial score (nSPS) is 11.0. The second-order valence-electron chi connectivity index (χ2n) is 5.17. The van der Waals surface area contributed by atoms with Crippen molar-refractivity contribution < 1.29 is 13.2 Å². The van der Waals surface area contributed by atoms with E-state index < -0.39 is 10.0 Å². The van der Waals surface area contributed by atoms with Gasteiger partial charge in [-0.3, -0.25) is 0 Å². The van der Waals surface area contributed by atoms with Gasteiger partial charge < -0.3 is 10.1 Å². The Morgan fingerprint density at radius 2 is 1.83 bits per heavy atom. The van der Waals surface area contributed by atoms with Crippen molar-refractivity contribution in [3.63, 3.8) is 0 Å². The van der Waals surface area contributed by atoms with E-state index in [4.69, 9.17) is 9.88 Å². The molecule has 0 saturated heterocycles. The zero-order chi connectivity index (χ0) is 17.6. The van der Waals surface area contributed by atoms with E-state index in [2.05, 4.69) is 5.32 Å². The number of sulfonamides is 1. The molecular formula is C17H19N3O3S. The Balaban J connectivity index is 2.08. The summed E-state index contributed by atoms with van der Waals surface area (Å²) in [5, 5.41) is 17.4. The number of primary sulfonamides is 1. The predicted octanol–water partition coefficient (Wildman–Crippen LogP) is 2.35. The lowest BCUT2D eigenvalue weighted by molar-refractivity contribution is 0.134. The Kier molecular flexibility index (Phi) is 5.93. The van der Waals surface area contributed by atoms with Gasteiger partial charge in [-0.15, -0.1) is 0 Å². The maximum Gasteiger partial charge on any atom is 0.238 e. The van der Waals surface area contributed by atoms with Crippen LogP contribution in [0, 0.1) is 11.3 Å². The van der Waals surface area contributed by atoms with Crippen molar-refractivity contribution in [3.8, 4) is 6.07 Å². The zero-order valence-corrected chi connectivity index (χ0v) is 14.1. The van der Waals surface area contributed by atoms with Crippen LogP contribution in [0.15, 0.2) is 47.4 Å². The molecule has 24 heavy (non-hydrogen) atoms. The molecule has 0 radical (unpaired) electrons. The summed E-state index contributed by atoms with van der Waals surface area (Å²) in [6.07, 6.45) is 0. The number of nitrogens with one attached hydrogen (secondary N) is 1. The quantitative estimate of drug-likeness (QED) is 0.801. The van der Waals surface area contributed by atoms with Crippen LogP contribution in [0.25, 0.3) is 0 Å². The fourth-order valence-electron chi connectivity index (χ4n) is 2.12. The van der Waals surface area contributed by atoms with Crippen molar-refractivity contribution >= 4 is 15.7 Å². The van der Waals surface area contributed by atoms with Gasteiger partial charge >= 0.3 is 0 Å². The number of nitrogens with two attached hydrogens (primary N) is 1. The number of nitriles is 1. The number of benzene rings is 2. The van der Waals surface area contributed by atoms with Crippen molar-refractivity contribution in [1.29, 1.82) is 5.26 Å². The highest BCUT2D eigenvalue weighted by molar-refractivity contribution is 7.89. The van der Waals surface area contributed by atoms with Gasteiger partial charge in [-0.05, 0) is 36.2 Å². The van der Waals surface area contributed by atoms with Gasteiger partial charge in [0, 0.05) is 13.2 Å². The van der Waals surface area contributed by atoms with Crippen LogP contribution in [-0.2, 0) is 27.9 Å². The molecule has 0 aliphatic rings. The minimum Gasteiger partial charge on any atom is -0.380 e. The molecule has 0 unspecified atom stereocenters. The first-order chi connectivity index (χ1) is 11.4. The van der Waals surface area contributed by atoms with E-state index in [1.807, 2.05) is 37.3 Å². The van der Waals surface area contributed by atoms with Gasteiger partial charge in [0.05, 0.1) is 22.8 Å². The first-order valence-corrected chi connectivity index (χ1v) is 8.95. The molecular weight excluding hydrogens is 326 g/mol. The van der Waals surface area contributed by atoms with Crippen LogP contribution in [0.1, 0.15) is 23.6 Å². The molecule has 7 heteroatoms. The monoisotopic (exact) mass is 345 g/mol. The van der Waals surface area contributed by atoms with Crippen LogP contribution in [0.3, 0.4) is 0 Å². The molecule has 0 atom stereocenters. The Labute approximate surface area is 141 Å². The predicted molar refractivity (Wildman–Crippen MR) is 91.6 cm³/mol. The Morgan fingerprint density at radius 3 is 2.42 bits per heavy atom. The van der Waals surface area contributed by atoms with Crippen molar-refractivity contribution in [2.24, 2.45) is 5.14 Å². The van der Waals surface area contributed by atoms with Crippen LogP contribution in [0.4, 0.5) is 5.69 Å². The molecule has 0 saturated carbocycles. The average Bonchev–Trinajstić information content (AvgIpc) is 2.58. The summed E-state index contributed by atoms with van der Waals surface area (Å²) >= 11 is 0. The molecule has 0 heterocycles. The molecule has 2 aromatic rings. The second-order valence-corrected chi connectivity index (χ2v) is 6.73. The van der Waals surface area contributed by atoms with Gasteiger partial charge in [0.1, 0.15) is 6.07 Å². The lowest BCUT2D eigenvalue weighted by Gasteiger charge is -2.10. The number of ether oxygens (including phenoxy) is 1. The Bertz CT molecular complexity index is 840. The summed E-state index contributed by atoms with van der Waals surface area (Å²) in [5.74, 6) is 0. The minimum absolute atomic E-state index is 0.0788. The maximum absolute atomic E-state index is 11.3. The van der Waals surface area contributed by atoms with Gasteiger partial charge in [-0.2, -0.15) is 5.26 Å². The lowest BCUT2D eigenvalue weighted by Crippen LogP contribution is -2.12. The molecule has 0 bridgehead atoms. The molecule has 0 aliphatic carbocycles. The maximum atomic E-state index is 11.3. The zero-order valence-electron chi connectivity index (χ0n) is 13.3. The number of anilines is 1. The number of rotatable bonds is 7. The average molecular weight is 345 g/mol. The van der Waals surface area contributed by atoms with E-state index in [0.717, 1.165) is 11.1 Å². The summed E-state index contributed by atoms with van der Waals surface area (Å²) < 4.78 is 28.0. The smallest absolute Gasteiger partial charge is 0.238 e. The van der Waals surface area contributed by atoms with E-state index in [1.165, 1.54) is 12.1 Å². The Morgan fingerprint density at radius 1 is 1.17 bits per heavy atom. The van der Waals surface area contributed by atoms with E-state index in [-0.39, 0.29) is 10.5 Å². The van der Waals surface area contributed by atoms with Crippen LogP contribution in [0.5, 0.6) is 0 Å². The fourth-order valence-corrected chi connectivity index (χ4v) is 2.66. The number of hydrogen-bond donors (Lipinski definition) is 2. The van der Waals surface area contributed by atoms with E-state index in [0.29, 0.717) is 25.4 Å². The summed E-state index contributed by atoms with van der Waals surface area (Å²) in [7, 11) is -3.82. The van der Waals surface area contributed by atoms with Crippen molar-refractivity contribution in [1.82, 2.24) is 0 Å². The summed E-state index contributed by atoms with van der Waals surface area (Å²) in [5.41, 5.74) is 2.92. The highest BCUT2D eigenvalue weighted by atomic mass is 32.2.